The van der Waals surface area contributed by atoms with Crippen molar-refractivity contribution >= 4 is 58.1 Å². The van der Waals surface area contributed by atoms with Crippen molar-refractivity contribution in [1.82, 2.24) is 34.4 Å². The zero-order valence-corrected chi connectivity index (χ0v) is 29.7. The van der Waals surface area contributed by atoms with Gasteiger partial charge in [0, 0.05) is 50.9 Å². The summed E-state index contributed by atoms with van der Waals surface area (Å²) >= 11 is 6.14. The molecule has 0 aliphatic carbocycles. The van der Waals surface area contributed by atoms with Gasteiger partial charge in [-0.05, 0) is 48.9 Å². The molecule has 0 radical (unpaired) electrons. The van der Waals surface area contributed by atoms with Crippen LogP contribution in [0.5, 0.6) is 0 Å². The number of benzene rings is 2. The topological polar surface area (TPSA) is 150 Å². The van der Waals surface area contributed by atoms with E-state index in [0.29, 0.717) is 30.6 Å². The molecule has 3 amide bonds. The summed E-state index contributed by atoms with van der Waals surface area (Å²) in [6.45, 7) is 2.82. The lowest BCUT2D eigenvalue weighted by Gasteiger charge is -2.36. The summed E-state index contributed by atoms with van der Waals surface area (Å²) in [6, 6.07) is 14.9. The molecule has 5 heterocycles. The third-order valence-electron chi connectivity index (χ3n) is 9.38. The average molecular weight is 763 g/mol. The summed E-state index contributed by atoms with van der Waals surface area (Å²) in [4.78, 5) is 67.9. The number of anilines is 4. The first-order valence-corrected chi connectivity index (χ1v) is 17.6. The van der Waals surface area contributed by atoms with Crippen LogP contribution in [0.25, 0.3) is 5.78 Å². The van der Waals surface area contributed by atoms with Crippen LogP contribution >= 0.6 is 11.6 Å². The number of nitrogens with one attached hydrogen (secondary N) is 2. The van der Waals surface area contributed by atoms with Crippen molar-refractivity contribution in [3.05, 3.63) is 105 Å². The zero-order chi connectivity index (χ0) is 38.1. The molecular weight excluding hydrogens is 729 g/mol. The molecule has 2 aromatic carbocycles. The third-order valence-corrected chi connectivity index (χ3v) is 9.69. The van der Waals surface area contributed by atoms with Gasteiger partial charge in [-0.25, -0.2) is 0 Å². The van der Waals surface area contributed by atoms with Gasteiger partial charge in [0.15, 0.2) is 0 Å². The van der Waals surface area contributed by atoms with Crippen molar-refractivity contribution in [1.29, 1.82) is 0 Å². The molecule has 0 unspecified atom stereocenters. The number of nitrogens with zero attached hydrogens (tertiary/aromatic N) is 8. The van der Waals surface area contributed by atoms with E-state index in [-0.39, 0.29) is 79.2 Å². The summed E-state index contributed by atoms with van der Waals surface area (Å²) in [5.41, 5.74) is 1.37. The van der Waals surface area contributed by atoms with E-state index >= 15 is 0 Å². The van der Waals surface area contributed by atoms with Gasteiger partial charge in [-0.2, -0.15) is 22.7 Å². The van der Waals surface area contributed by atoms with Gasteiger partial charge in [-0.1, -0.05) is 36.7 Å². The number of halogens is 4. The lowest BCUT2D eigenvalue weighted by Crippen LogP contribution is -2.52. The number of rotatable bonds is 9. The highest BCUT2D eigenvalue weighted by molar-refractivity contribution is 6.33. The van der Waals surface area contributed by atoms with Crippen molar-refractivity contribution in [2.45, 2.75) is 32.5 Å². The van der Waals surface area contributed by atoms with E-state index in [9.17, 15) is 32.3 Å². The first-order valence-electron chi connectivity index (χ1n) is 17.2. The van der Waals surface area contributed by atoms with E-state index in [1.807, 2.05) is 22.8 Å². The SMILES string of the molecule is CCc1c(N2CCN(C(=O)CNC(=O)c3ccccc3)CC2)c(=O)n2nc(N3CCc4ncccc43)nc2n1CC(=O)Nc1ccc(C(F)(F)F)cc1Cl. The molecule has 280 valence electrons. The van der Waals surface area contributed by atoms with Crippen LogP contribution in [0.4, 0.5) is 36.2 Å². The fourth-order valence-electron chi connectivity index (χ4n) is 6.71. The Hall–Kier alpha value is -5.97. The van der Waals surface area contributed by atoms with E-state index in [0.717, 1.165) is 34.1 Å². The molecule has 5 aromatic rings. The summed E-state index contributed by atoms with van der Waals surface area (Å²) in [5.74, 6) is -0.955. The summed E-state index contributed by atoms with van der Waals surface area (Å²) in [7, 11) is 0. The maximum absolute atomic E-state index is 14.3. The van der Waals surface area contributed by atoms with Crippen molar-refractivity contribution < 1.29 is 27.6 Å². The molecular formula is C36H34ClF3N10O4. The summed E-state index contributed by atoms with van der Waals surface area (Å²) in [5, 5.41) is 9.56. The van der Waals surface area contributed by atoms with E-state index in [1.54, 1.807) is 52.1 Å². The Morgan fingerprint density at radius 2 is 1.72 bits per heavy atom. The highest BCUT2D eigenvalue weighted by Gasteiger charge is 2.33. The van der Waals surface area contributed by atoms with Gasteiger partial charge in [0.05, 0.1) is 39.9 Å². The molecule has 14 nitrogen and oxygen atoms in total. The summed E-state index contributed by atoms with van der Waals surface area (Å²) < 4.78 is 42.5. The molecule has 7 rings (SSSR count). The number of piperazine rings is 1. The fraction of sp³-hybridized carbons (Fsp3) is 0.306. The second-order valence-electron chi connectivity index (χ2n) is 12.7. The largest absolute Gasteiger partial charge is 0.416 e. The molecule has 0 bridgehead atoms. The van der Waals surface area contributed by atoms with Crippen LogP contribution < -0.4 is 26.0 Å². The molecule has 0 spiro atoms. The van der Waals surface area contributed by atoms with Crippen LogP contribution in [-0.4, -0.2) is 86.0 Å². The maximum atomic E-state index is 14.3. The van der Waals surface area contributed by atoms with Gasteiger partial charge in [0.1, 0.15) is 12.2 Å². The quantitative estimate of drug-likeness (QED) is 0.228. The minimum Gasteiger partial charge on any atom is -0.362 e. The minimum absolute atomic E-state index is 0.0194. The second-order valence-corrected chi connectivity index (χ2v) is 13.1. The molecule has 1 fully saturated rings. The lowest BCUT2D eigenvalue weighted by molar-refractivity contribution is -0.137. The van der Waals surface area contributed by atoms with Gasteiger partial charge in [-0.3, -0.25) is 24.2 Å². The number of carbonyl (C=O) groups is 3. The number of aromatic nitrogens is 5. The Kier molecular flexibility index (Phi) is 9.98. The Labute approximate surface area is 311 Å². The van der Waals surface area contributed by atoms with Gasteiger partial charge < -0.3 is 29.9 Å². The Morgan fingerprint density at radius 1 is 0.963 bits per heavy atom. The first kappa shape index (κ1) is 36.4. The van der Waals surface area contributed by atoms with Crippen molar-refractivity contribution in [2.24, 2.45) is 0 Å². The van der Waals surface area contributed by atoms with Gasteiger partial charge in [-0.15, -0.1) is 5.10 Å². The van der Waals surface area contributed by atoms with Gasteiger partial charge in [0.2, 0.25) is 17.6 Å². The monoisotopic (exact) mass is 762 g/mol. The Bertz CT molecular complexity index is 2310. The maximum Gasteiger partial charge on any atom is 0.416 e. The van der Waals surface area contributed by atoms with E-state index in [2.05, 4.69) is 20.7 Å². The first-order chi connectivity index (χ1) is 25.9. The van der Waals surface area contributed by atoms with Gasteiger partial charge in [0.25, 0.3) is 17.4 Å². The summed E-state index contributed by atoms with van der Waals surface area (Å²) in [6.07, 6.45) is -2.00. The molecule has 1 saturated heterocycles. The second kappa shape index (κ2) is 14.8. The molecule has 54 heavy (non-hydrogen) atoms. The number of alkyl halides is 3. The molecule has 18 heteroatoms. The minimum atomic E-state index is -4.62. The van der Waals surface area contributed by atoms with Crippen molar-refractivity contribution in [3.63, 3.8) is 0 Å². The normalized spacial score (nSPS) is 14.4. The van der Waals surface area contributed by atoms with E-state index in [1.165, 1.54) is 0 Å². The number of pyridine rings is 1. The van der Waals surface area contributed by atoms with E-state index in [4.69, 9.17) is 16.6 Å². The standard InChI is InChI=1S/C36H34ClF3N10O4/c1-2-27-31(47-17-15-46(16-18-47)30(52)20-42-32(53)22-7-4-3-5-8-22)33(54)50-35(44-34(45-50)48-14-12-26-28(48)9-6-13-41-26)49(27)21-29(51)43-25-11-10-23(19-24(25)37)36(38,39)40/h3-11,13,19H,2,12,14-18,20-21H2,1H3,(H,42,53)(H,43,51). The highest BCUT2D eigenvalue weighted by atomic mass is 35.5. The van der Waals surface area contributed by atoms with Crippen LogP contribution in [-0.2, 0) is 35.2 Å². The molecule has 2 aliphatic rings. The number of fused-ring (bicyclic) bond motifs is 2. The fourth-order valence-corrected chi connectivity index (χ4v) is 6.94. The van der Waals surface area contributed by atoms with Crippen molar-refractivity contribution in [2.75, 3.05) is 54.4 Å². The smallest absolute Gasteiger partial charge is 0.362 e. The molecule has 0 saturated carbocycles. The van der Waals surface area contributed by atoms with E-state index < -0.39 is 23.2 Å². The van der Waals surface area contributed by atoms with Crippen LogP contribution in [0.15, 0.2) is 71.7 Å². The number of hydrogen-bond donors (Lipinski definition) is 2. The third kappa shape index (κ3) is 7.18. The van der Waals surface area contributed by atoms with Crippen LogP contribution in [0.2, 0.25) is 5.02 Å². The lowest BCUT2D eigenvalue weighted by atomic mass is 10.2. The highest BCUT2D eigenvalue weighted by Crippen LogP contribution is 2.34. The Balaban J connectivity index is 1.18. The zero-order valence-electron chi connectivity index (χ0n) is 28.9. The van der Waals surface area contributed by atoms with Crippen LogP contribution in [0.3, 0.4) is 0 Å². The average Bonchev–Trinajstić information content (AvgIpc) is 3.81. The van der Waals surface area contributed by atoms with Gasteiger partial charge >= 0.3 is 6.18 Å². The van der Waals surface area contributed by atoms with Crippen molar-refractivity contribution in [3.8, 4) is 0 Å². The molecule has 3 aromatic heterocycles. The number of carbonyl (C=O) groups excluding carboxylic acids is 3. The molecule has 2 aliphatic heterocycles. The predicted octanol–water partition coefficient (Wildman–Crippen LogP) is 3.93. The van der Waals surface area contributed by atoms with Crippen LogP contribution in [0, 0.1) is 0 Å². The van der Waals surface area contributed by atoms with Crippen LogP contribution in [0.1, 0.15) is 34.2 Å². The Morgan fingerprint density at radius 3 is 2.43 bits per heavy atom. The predicted molar refractivity (Wildman–Crippen MR) is 194 cm³/mol. The molecule has 2 N–H and O–H groups in total. The molecule has 0 atom stereocenters. The number of hydrogen-bond acceptors (Lipinski definition) is 9. The number of amides is 3.